The topological polar surface area (TPSA) is 37.0 Å². The summed E-state index contributed by atoms with van der Waals surface area (Å²) in [7, 11) is 0. The third-order valence-corrected chi connectivity index (χ3v) is 3.94. The third kappa shape index (κ3) is 2.83. The van der Waals surface area contributed by atoms with Crippen molar-refractivity contribution in [3.63, 3.8) is 0 Å². The predicted octanol–water partition coefficient (Wildman–Crippen LogP) is 3.04. The number of rotatable bonds is 4. The van der Waals surface area contributed by atoms with E-state index in [4.69, 9.17) is 0 Å². The van der Waals surface area contributed by atoms with E-state index < -0.39 is 0 Å². The lowest BCUT2D eigenvalue weighted by Gasteiger charge is -2.21. The molecule has 0 amide bonds. The standard InChI is InChI=1S/C17H21N3/c1-13-7-9-18-11-16(13)12-19-10-15-5-2-4-14-6-3-8-20-17(14)15/h2,4-5,7,9,11,19-20H,3,6,8,10,12H2,1H3. The smallest absolute Gasteiger partial charge is 0.0418 e. The molecule has 1 aromatic heterocycles. The summed E-state index contributed by atoms with van der Waals surface area (Å²) in [4.78, 5) is 4.19. The van der Waals surface area contributed by atoms with Crippen molar-refractivity contribution in [2.45, 2.75) is 32.9 Å². The highest BCUT2D eigenvalue weighted by Gasteiger charge is 2.11. The molecule has 0 aliphatic carbocycles. The molecule has 3 rings (SSSR count). The molecule has 2 N–H and O–H groups in total. The van der Waals surface area contributed by atoms with E-state index in [2.05, 4.69) is 46.8 Å². The van der Waals surface area contributed by atoms with E-state index in [1.807, 2.05) is 12.4 Å². The van der Waals surface area contributed by atoms with Crippen LogP contribution in [0.2, 0.25) is 0 Å². The number of pyridine rings is 1. The molecule has 0 fully saturated rings. The number of anilines is 1. The van der Waals surface area contributed by atoms with E-state index in [1.54, 1.807) is 0 Å². The molecule has 1 aromatic carbocycles. The molecular weight excluding hydrogens is 246 g/mol. The lowest BCUT2D eigenvalue weighted by molar-refractivity contribution is 0.686. The van der Waals surface area contributed by atoms with Gasteiger partial charge in [-0.05, 0) is 48.1 Å². The van der Waals surface area contributed by atoms with Crippen molar-refractivity contribution in [3.05, 3.63) is 58.9 Å². The number of nitrogens with zero attached hydrogens (tertiary/aromatic N) is 1. The lowest BCUT2D eigenvalue weighted by atomic mass is 9.99. The van der Waals surface area contributed by atoms with E-state index in [0.29, 0.717) is 0 Å². The maximum absolute atomic E-state index is 4.19. The molecule has 0 saturated heterocycles. The number of hydrogen-bond donors (Lipinski definition) is 2. The lowest BCUT2D eigenvalue weighted by Crippen LogP contribution is -2.18. The second kappa shape index (κ2) is 6.06. The maximum Gasteiger partial charge on any atom is 0.0418 e. The van der Waals surface area contributed by atoms with Crippen LogP contribution >= 0.6 is 0 Å². The fraction of sp³-hybridized carbons (Fsp3) is 0.353. The predicted molar refractivity (Wildman–Crippen MR) is 82.8 cm³/mol. The molecule has 1 aliphatic rings. The summed E-state index contributed by atoms with van der Waals surface area (Å²) in [6.07, 6.45) is 6.22. The van der Waals surface area contributed by atoms with Gasteiger partial charge < -0.3 is 10.6 Å². The zero-order valence-corrected chi connectivity index (χ0v) is 11.9. The summed E-state index contributed by atoms with van der Waals surface area (Å²) in [6.45, 7) is 4.98. The molecule has 3 heteroatoms. The van der Waals surface area contributed by atoms with Gasteiger partial charge in [-0.3, -0.25) is 4.98 Å². The number of nitrogens with one attached hydrogen (secondary N) is 2. The molecular formula is C17H21N3. The van der Waals surface area contributed by atoms with Crippen LogP contribution in [-0.2, 0) is 19.5 Å². The molecule has 2 aromatic rings. The Bertz CT molecular complexity index is 593. The van der Waals surface area contributed by atoms with Gasteiger partial charge in [-0.15, -0.1) is 0 Å². The SMILES string of the molecule is Cc1ccncc1CNCc1cccc2c1NCCC2. The van der Waals surface area contributed by atoms with E-state index in [1.165, 1.54) is 40.8 Å². The van der Waals surface area contributed by atoms with Crippen molar-refractivity contribution in [2.75, 3.05) is 11.9 Å². The van der Waals surface area contributed by atoms with Crippen molar-refractivity contribution in [1.82, 2.24) is 10.3 Å². The van der Waals surface area contributed by atoms with Crippen molar-refractivity contribution in [2.24, 2.45) is 0 Å². The Kier molecular flexibility index (Phi) is 3.97. The number of hydrogen-bond acceptors (Lipinski definition) is 3. The fourth-order valence-corrected chi connectivity index (χ4v) is 2.74. The van der Waals surface area contributed by atoms with Crippen molar-refractivity contribution in [3.8, 4) is 0 Å². The average molecular weight is 267 g/mol. The summed E-state index contributed by atoms with van der Waals surface area (Å²) in [5, 5.41) is 7.07. The molecule has 104 valence electrons. The van der Waals surface area contributed by atoms with Crippen molar-refractivity contribution < 1.29 is 0 Å². The first-order valence-electron chi connectivity index (χ1n) is 7.29. The minimum Gasteiger partial charge on any atom is -0.385 e. The summed E-state index contributed by atoms with van der Waals surface area (Å²) >= 11 is 0. The van der Waals surface area contributed by atoms with Crippen LogP contribution in [0.15, 0.2) is 36.7 Å². The number of benzene rings is 1. The minimum absolute atomic E-state index is 0.864. The zero-order valence-electron chi connectivity index (χ0n) is 11.9. The van der Waals surface area contributed by atoms with E-state index >= 15 is 0 Å². The van der Waals surface area contributed by atoms with Crippen LogP contribution in [0, 0.1) is 6.92 Å². The monoisotopic (exact) mass is 267 g/mol. The van der Waals surface area contributed by atoms with Gasteiger partial charge in [-0.25, -0.2) is 0 Å². The number of aryl methyl sites for hydroxylation is 2. The molecule has 0 spiro atoms. The summed E-state index contributed by atoms with van der Waals surface area (Å²) in [5.41, 5.74) is 6.72. The second-order valence-electron chi connectivity index (χ2n) is 5.39. The fourth-order valence-electron chi connectivity index (χ4n) is 2.74. The first-order valence-corrected chi connectivity index (χ1v) is 7.29. The van der Waals surface area contributed by atoms with E-state index in [-0.39, 0.29) is 0 Å². The Morgan fingerprint density at radius 1 is 1.20 bits per heavy atom. The highest BCUT2D eigenvalue weighted by Crippen LogP contribution is 2.25. The highest BCUT2D eigenvalue weighted by molar-refractivity contribution is 5.59. The van der Waals surface area contributed by atoms with Gasteiger partial charge in [0.25, 0.3) is 0 Å². The second-order valence-corrected chi connectivity index (χ2v) is 5.39. The molecule has 0 radical (unpaired) electrons. The summed E-state index contributed by atoms with van der Waals surface area (Å²) < 4.78 is 0. The summed E-state index contributed by atoms with van der Waals surface area (Å²) in [5.74, 6) is 0. The number of aromatic nitrogens is 1. The van der Waals surface area contributed by atoms with Crippen LogP contribution in [0.1, 0.15) is 28.7 Å². The van der Waals surface area contributed by atoms with Crippen LogP contribution in [0.25, 0.3) is 0 Å². The molecule has 0 bridgehead atoms. The Balaban J connectivity index is 1.66. The Labute approximate surface area is 120 Å². The molecule has 0 saturated carbocycles. The van der Waals surface area contributed by atoms with E-state index in [9.17, 15) is 0 Å². The average Bonchev–Trinajstić information content (AvgIpc) is 2.49. The van der Waals surface area contributed by atoms with Crippen LogP contribution < -0.4 is 10.6 Å². The molecule has 3 nitrogen and oxygen atoms in total. The normalized spacial score (nSPS) is 13.7. The van der Waals surface area contributed by atoms with Crippen LogP contribution in [0.4, 0.5) is 5.69 Å². The number of fused-ring (bicyclic) bond motifs is 1. The van der Waals surface area contributed by atoms with Crippen LogP contribution in [0.5, 0.6) is 0 Å². The quantitative estimate of drug-likeness (QED) is 0.894. The van der Waals surface area contributed by atoms with Crippen LogP contribution in [0.3, 0.4) is 0 Å². The third-order valence-electron chi connectivity index (χ3n) is 3.94. The van der Waals surface area contributed by atoms with Crippen molar-refractivity contribution >= 4 is 5.69 Å². The van der Waals surface area contributed by atoms with Gasteiger partial charge in [0.05, 0.1) is 0 Å². The molecule has 0 atom stereocenters. The first kappa shape index (κ1) is 13.1. The molecule has 1 aliphatic heterocycles. The number of para-hydroxylation sites is 1. The van der Waals surface area contributed by atoms with Gasteiger partial charge in [0.2, 0.25) is 0 Å². The zero-order chi connectivity index (χ0) is 13.8. The van der Waals surface area contributed by atoms with Gasteiger partial charge in [0.1, 0.15) is 0 Å². The maximum atomic E-state index is 4.19. The van der Waals surface area contributed by atoms with Gasteiger partial charge >= 0.3 is 0 Å². The Morgan fingerprint density at radius 2 is 2.10 bits per heavy atom. The Hall–Kier alpha value is -1.87. The minimum atomic E-state index is 0.864. The molecule has 20 heavy (non-hydrogen) atoms. The highest BCUT2D eigenvalue weighted by atomic mass is 14.9. The van der Waals surface area contributed by atoms with Crippen molar-refractivity contribution in [1.29, 1.82) is 0 Å². The van der Waals surface area contributed by atoms with Gasteiger partial charge in [-0.2, -0.15) is 0 Å². The summed E-state index contributed by atoms with van der Waals surface area (Å²) in [6, 6.07) is 8.66. The van der Waals surface area contributed by atoms with E-state index in [0.717, 1.165) is 19.6 Å². The largest absolute Gasteiger partial charge is 0.385 e. The van der Waals surface area contributed by atoms with Gasteiger partial charge in [0.15, 0.2) is 0 Å². The first-order chi connectivity index (χ1) is 9.84. The molecule has 0 unspecified atom stereocenters. The molecule has 2 heterocycles. The van der Waals surface area contributed by atoms with Gasteiger partial charge in [-0.1, -0.05) is 18.2 Å². The van der Waals surface area contributed by atoms with Crippen LogP contribution in [-0.4, -0.2) is 11.5 Å². The van der Waals surface area contributed by atoms with Gasteiger partial charge in [0, 0.05) is 37.7 Å². The Morgan fingerprint density at radius 3 is 3.00 bits per heavy atom.